The summed E-state index contributed by atoms with van der Waals surface area (Å²) in [7, 11) is 0. The highest BCUT2D eigenvalue weighted by Gasteiger charge is 2.52. The fourth-order valence-electron chi connectivity index (χ4n) is 6.81. The third-order valence-corrected chi connectivity index (χ3v) is 10.1. The molecule has 1 aliphatic heterocycles. The van der Waals surface area contributed by atoms with E-state index in [1.807, 2.05) is 17.0 Å². The third kappa shape index (κ3) is 6.27. The van der Waals surface area contributed by atoms with Gasteiger partial charge in [-0.05, 0) is 105 Å². The molecule has 6 rings (SSSR count). The van der Waals surface area contributed by atoms with Crippen LogP contribution in [0, 0.1) is 23.1 Å². The van der Waals surface area contributed by atoms with Gasteiger partial charge in [-0.1, -0.05) is 49.7 Å². The van der Waals surface area contributed by atoms with Gasteiger partial charge < -0.3 is 10.2 Å². The van der Waals surface area contributed by atoms with E-state index in [0.717, 1.165) is 44.1 Å². The lowest BCUT2D eigenvalue weighted by molar-refractivity contribution is -0.133. The van der Waals surface area contributed by atoms with Gasteiger partial charge in [0.05, 0.1) is 12.6 Å². The number of aliphatic imine (C=N–C) groups is 1. The number of aromatic nitrogens is 4. The molecule has 2 amide bonds. The lowest BCUT2D eigenvalue weighted by Gasteiger charge is -2.46. The highest BCUT2D eigenvalue weighted by molar-refractivity contribution is 6.47. The van der Waals surface area contributed by atoms with Gasteiger partial charge in [-0.25, -0.2) is 4.39 Å². The van der Waals surface area contributed by atoms with Crippen LogP contribution in [0.1, 0.15) is 105 Å². The number of tetrazole rings is 1. The summed E-state index contributed by atoms with van der Waals surface area (Å²) in [5.74, 6) is 0.567. The maximum Gasteiger partial charge on any atom is 0.275 e. The summed E-state index contributed by atoms with van der Waals surface area (Å²) < 4.78 is 14.5. The second-order valence-electron chi connectivity index (χ2n) is 13.4. The fraction of sp³-hybridized carbons (Fsp3) is 0.515. The van der Waals surface area contributed by atoms with Gasteiger partial charge in [-0.2, -0.15) is 5.21 Å². The molecule has 3 aliphatic rings. The van der Waals surface area contributed by atoms with Crippen molar-refractivity contribution < 1.29 is 14.0 Å². The van der Waals surface area contributed by atoms with Crippen LogP contribution in [-0.4, -0.2) is 48.7 Å². The molecular weight excluding hydrogens is 581 g/mol. The van der Waals surface area contributed by atoms with Crippen molar-refractivity contribution in [2.75, 3.05) is 0 Å². The fourth-order valence-corrected chi connectivity index (χ4v) is 7.04. The van der Waals surface area contributed by atoms with E-state index in [2.05, 4.69) is 46.7 Å². The van der Waals surface area contributed by atoms with Crippen LogP contribution in [0.2, 0.25) is 5.02 Å². The minimum Gasteiger partial charge on any atom is -0.345 e. The zero-order chi connectivity index (χ0) is 31.1. The van der Waals surface area contributed by atoms with Crippen LogP contribution in [0.25, 0.3) is 0 Å². The number of H-pyrrole nitrogens is 1. The molecule has 2 heterocycles. The Morgan fingerprint density at radius 1 is 1.14 bits per heavy atom. The molecule has 2 aliphatic carbocycles. The van der Waals surface area contributed by atoms with E-state index in [1.54, 1.807) is 18.2 Å². The number of amides is 2. The number of benzene rings is 2. The average Bonchev–Trinajstić information content (AvgIpc) is 3.38. The van der Waals surface area contributed by atoms with Gasteiger partial charge in [0.1, 0.15) is 17.2 Å². The predicted octanol–water partition coefficient (Wildman–Crippen LogP) is 6.42. The first-order valence-corrected chi connectivity index (χ1v) is 15.9. The van der Waals surface area contributed by atoms with Crippen molar-refractivity contribution in [1.82, 2.24) is 30.8 Å². The van der Waals surface area contributed by atoms with Crippen LogP contribution in [0.4, 0.5) is 4.39 Å². The number of carbonyl (C=O) groups is 2. The minimum absolute atomic E-state index is 0.157. The van der Waals surface area contributed by atoms with Crippen LogP contribution >= 0.6 is 11.6 Å². The summed E-state index contributed by atoms with van der Waals surface area (Å²) in [6.45, 7) is 6.96. The molecule has 0 saturated heterocycles. The Hall–Kier alpha value is -3.66. The number of halogens is 2. The number of nitrogens with one attached hydrogen (secondary N) is 2. The Morgan fingerprint density at radius 2 is 1.86 bits per heavy atom. The van der Waals surface area contributed by atoms with Gasteiger partial charge in [-0.15, -0.1) is 10.2 Å². The number of carbonyl (C=O) groups excluding carboxylic acids is 2. The maximum absolute atomic E-state index is 14.5. The standard InChI is InChI=1S/C33H39ClFN7O2/c1-20(2)21-8-12-33(13-9-21)37-29(24-16-25(34)18-26(35)17-24)31(44)42(33)27(10-11-32(3)14-15-32)22-4-6-23(7-5-22)30(43)36-19-28-38-40-41-39-28/h4-7,16-18,20-21,27H,8-15,19H2,1-3H3,(H,36,43)(H,38,39,40,41). The number of hydrogen-bond acceptors (Lipinski definition) is 6. The largest absolute Gasteiger partial charge is 0.345 e. The SMILES string of the molecule is CC(C)C1CCC2(CC1)N=C(c1cc(F)cc(Cl)c1)C(=O)N2C(CCC1(C)CC1)c1ccc(C(=O)NCc2nn[nH]n2)cc1. The van der Waals surface area contributed by atoms with E-state index in [9.17, 15) is 14.0 Å². The molecular formula is C33H39ClFN7O2. The smallest absolute Gasteiger partial charge is 0.275 e. The second-order valence-corrected chi connectivity index (χ2v) is 13.8. The molecule has 0 radical (unpaired) electrons. The van der Waals surface area contributed by atoms with Crippen molar-refractivity contribution in [3.63, 3.8) is 0 Å². The van der Waals surface area contributed by atoms with Gasteiger partial charge in [0.25, 0.3) is 11.8 Å². The van der Waals surface area contributed by atoms with E-state index >= 15 is 0 Å². The van der Waals surface area contributed by atoms with Crippen LogP contribution in [0.5, 0.6) is 0 Å². The van der Waals surface area contributed by atoms with E-state index < -0.39 is 11.5 Å². The van der Waals surface area contributed by atoms with Gasteiger partial charge in [0.15, 0.2) is 5.82 Å². The monoisotopic (exact) mass is 619 g/mol. The molecule has 2 N–H and O–H groups in total. The zero-order valence-electron chi connectivity index (χ0n) is 25.4. The predicted molar refractivity (Wildman–Crippen MR) is 165 cm³/mol. The molecule has 2 aromatic carbocycles. The van der Waals surface area contributed by atoms with E-state index in [0.29, 0.717) is 28.8 Å². The Balaban J connectivity index is 1.33. The Bertz CT molecular complexity index is 1520. The Labute approximate surface area is 262 Å². The van der Waals surface area contributed by atoms with Crippen molar-refractivity contribution in [3.8, 4) is 0 Å². The Kier molecular flexibility index (Phi) is 8.30. The van der Waals surface area contributed by atoms with Crippen LogP contribution in [0.3, 0.4) is 0 Å². The third-order valence-electron chi connectivity index (χ3n) is 9.89. The van der Waals surface area contributed by atoms with E-state index in [4.69, 9.17) is 16.6 Å². The molecule has 9 nitrogen and oxygen atoms in total. The zero-order valence-corrected chi connectivity index (χ0v) is 26.2. The summed E-state index contributed by atoms with van der Waals surface area (Å²) in [4.78, 5) is 34.5. The Morgan fingerprint density at radius 3 is 2.48 bits per heavy atom. The molecule has 2 fully saturated rings. The van der Waals surface area contributed by atoms with Gasteiger partial charge in [0.2, 0.25) is 0 Å². The van der Waals surface area contributed by atoms with E-state index in [-0.39, 0.29) is 40.6 Å². The number of rotatable bonds is 10. The highest BCUT2D eigenvalue weighted by Crippen LogP contribution is 2.53. The quantitative estimate of drug-likeness (QED) is 0.272. The van der Waals surface area contributed by atoms with Crippen molar-refractivity contribution in [3.05, 3.63) is 75.8 Å². The first-order chi connectivity index (χ1) is 21.1. The molecule has 0 bridgehead atoms. The molecule has 1 unspecified atom stereocenters. The normalized spacial score (nSPS) is 23.2. The maximum atomic E-state index is 14.5. The van der Waals surface area contributed by atoms with Crippen LogP contribution in [-0.2, 0) is 11.3 Å². The summed E-state index contributed by atoms with van der Waals surface area (Å²) in [6, 6.07) is 11.4. The molecule has 1 spiro atoms. The summed E-state index contributed by atoms with van der Waals surface area (Å²) in [6.07, 6.45) is 7.53. The van der Waals surface area contributed by atoms with Gasteiger partial charge >= 0.3 is 0 Å². The first-order valence-electron chi connectivity index (χ1n) is 15.6. The number of aromatic amines is 1. The molecule has 232 valence electrons. The van der Waals surface area contributed by atoms with Gasteiger partial charge in [0, 0.05) is 16.1 Å². The minimum atomic E-state index is -0.716. The van der Waals surface area contributed by atoms with Crippen LogP contribution < -0.4 is 5.32 Å². The number of nitrogens with zero attached hydrogens (tertiary/aromatic N) is 5. The second kappa shape index (κ2) is 12.0. The summed E-state index contributed by atoms with van der Waals surface area (Å²) in [5, 5.41) is 16.7. The summed E-state index contributed by atoms with van der Waals surface area (Å²) in [5.41, 5.74) is 1.70. The lowest BCUT2D eigenvalue weighted by Crippen LogP contribution is -2.51. The van der Waals surface area contributed by atoms with Crippen molar-refractivity contribution in [2.24, 2.45) is 22.2 Å². The molecule has 1 aromatic heterocycles. The van der Waals surface area contributed by atoms with Gasteiger partial charge in [-0.3, -0.25) is 14.6 Å². The van der Waals surface area contributed by atoms with E-state index in [1.165, 1.54) is 25.0 Å². The van der Waals surface area contributed by atoms with Crippen molar-refractivity contribution >= 4 is 29.1 Å². The van der Waals surface area contributed by atoms with Crippen molar-refractivity contribution in [1.29, 1.82) is 0 Å². The molecule has 2 saturated carbocycles. The number of hydrogen-bond donors (Lipinski definition) is 2. The van der Waals surface area contributed by atoms with Crippen molar-refractivity contribution in [2.45, 2.75) is 90.4 Å². The highest BCUT2D eigenvalue weighted by atomic mass is 35.5. The lowest BCUT2D eigenvalue weighted by atomic mass is 9.75. The molecule has 44 heavy (non-hydrogen) atoms. The molecule has 11 heteroatoms. The van der Waals surface area contributed by atoms with Crippen LogP contribution in [0.15, 0.2) is 47.5 Å². The first kappa shape index (κ1) is 30.4. The molecule has 1 atom stereocenters. The summed E-state index contributed by atoms with van der Waals surface area (Å²) >= 11 is 6.24. The molecule has 3 aromatic rings. The average molecular weight is 620 g/mol. The topological polar surface area (TPSA) is 116 Å².